The molecule has 0 radical (unpaired) electrons. The molecular weight excluding hydrogens is 749 g/mol. The lowest BCUT2D eigenvalue weighted by molar-refractivity contribution is 1.05. The fourth-order valence-electron chi connectivity index (χ4n) is 9.17. The second-order valence-corrected chi connectivity index (χ2v) is 16.0. The SMILES string of the molecule is C=c1ccccccccc(=C)c2cccc(-c3nc(-c4ccccc4)cc(-c4ccccc4)n3)c2c2cc(-c3c4c(c(C5=CC=CCC5)c5ccccc35)=CCCC=4)ccc12. The van der Waals surface area contributed by atoms with Crippen LogP contribution in [-0.2, 0) is 0 Å². The third kappa shape index (κ3) is 7.42. The van der Waals surface area contributed by atoms with Crippen LogP contribution in [0.15, 0.2) is 194 Å². The van der Waals surface area contributed by atoms with Gasteiger partial charge in [0, 0.05) is 22.1 Å². The molecule has 1 aromatic heterocycles. The zero-order valence-electron chi connectivity index (χ0n) is 34.8. The Morgan fingerprint density at radius 2 is 0.968 bits per heavy atom. The molecule has 0 N–H and O–H groups in total. The number of allylic oxidation sites excluding steroid dienone is 4. The molecule has 0 bridgehead atoms. The van der Waals surface area contributed by atoms with Gasteiger partial charge < -0.3 is 0 Å². The van der Waals surface area contributed by atoms with Crippen LogP contribution in [0.25, 0.3) is 108 Å². The van der Waals surface area contributed by atoms with E-state index in [-0.39, 0.29) is 0 Å². The number of rotatable bonds is 5. The zero-order valence-corrected chi connectivity index (χ0v) is 34.8. The summed E-state index contributed by atoms with van der Waals surface area (Å²) in [6, 6.07) is 61.7. The van der Waals surface area contributed by atoms with E-state index in [4.69, 9.17) is 9.97 Å². The van der Waals surface area contributed by atoms with Crippen molar-refractivity contribution in [2.75, 3.05) is 0 Å². The molecule has 1 heterocycles. The van der Waals surface area contributed by atoms with Crippen molar-refractivity contribution in [1.29, 1.82) is 0 Å². The fourth-order valence-corrected chi connectivity index (χ4v) is 9.17. The molecule has 7 aromatic carbocycles. The van der Waals surface area contributed by atoms with Gasteiger partial charge in [-0.25, -0.2) is 9.97 Å². The maximum Gasteiger partial charge on any atom is 0.161 e. The number of nitrogens with zero attached hydrogens (tertiary/aromatic N) is 2. The Hall–Kier alpha value is -7.68. The van der Waals surface area contributed by atoms with Gasteiger partial charge >= 0.3 is 0 Å². The molecule has 0 aliphatic heterocycles. The van der Waals surface area contributed by atoms with Crippen LogP contribution in [-0.4, -0.2) is 9.97 Å². The Morgan fingerprint density at radius 1 is 0.419 bits per heavy atom. The smallest absolute Gasteiger partial charge is 0.161 e. The molecule has 2 aliphatic rings. The monoisotopic (exact) mass is 794 g/mol. The summed E-state index contributed by atoms with van der Waals surface area (Å²) in [5.41, 5.74) is 9.89. The van der Waals surface area contributed by atoms with E-state index in [0.717, 1.165) is 91.3 Å². The molecular formula is C60H46N2. The first-order valence-electron chi connectivity index (χ1n) is 21.6. The Labute approximate surface area is 362 Å². The van der Waals surface area contributed by atoms with E-state index in [1.807, 2.05) is 36.4 Å². The average molecular weight is 795 g/mol. The first kappa shape index (κ1) is 38.5. The molecule has 10 rings (SSSR count). The molecule has 296 valence electrons. The second kappa shape index (κ2) is 17.1. The minimum atomic E-state index is 0.644. The Morgan fingerprint density at radius 3 is 1.61 bits per heavy atom. The maximum atomic E-state index is 5.38. The van der Waals surface area contributed by atoms with Gasteiger partial charge in [0.15, 0.2) is 5.82 Å². The van der Waals surface area contributed by atoms with Crippen LogP contribution in [0, 0.1) is 0 Å². The van der Waals surface area contributed by atoms with Crippen LogP contribution in [0.3, 0.4) is 0 Å². The van der Waals surface area contributed by atoms with Crippen LogP contribution in [0.5, 0.6) is 0 Å². The van der Waals surface area contributed by atoms with Crippen molar-refractivity contribution in [1.82, 2.24) is 9.97 Å². The van der Waals surface area contributed by atoms with Crippen molar-refractivity contribution in [3.05, 3.63) is 221 Å². The third-order valence-electron chi connectivity index (χ3n) is 12.1. The van der Waals surface area contributed by atoms with Gasteiger partial charge in [0.25, 0.3) is 0 Å². The van der Waals surface area contributed by atoms with Crippen molar-refractivity contribution in [2.45, 2.75) is 25.7 Å². The first-order valence-corrected chi connectivity index (χ1v) is 21.6. The molecule has 0 unspecified atom stereocenters. The van der Waals surface area contributed by atoms with Crippen molar-refractivity contribution in [2.24, 2.45) is 0 Å². The minimum Gasteiger partial charge on any atom is -0.228 e. The predicted octanol–water partition coefficient (Wildman–Crippen LogP) is 12.8. The number of hydrogen-bond donors (Lipinski definition) is 0. The standard InChI is InChI=1S/C60H46N2/c1-41-23-10-5-3-4-6-11-24-42(2)48-35-22-36-53(60-61-55(43-25-12-7-13-26-43)40-56(62-60)44-27-14-8-15-28-44)59(48)54-39-46(37-38-47(41)54)58-51-33-20-18-31-49(51)57(45-29-16-9-17-30-45)50-32-19-21-34-52(50)58/h3-16,18,20,22-29,31-40H,1-2,17,19,21,30H2. The Bertz CT molecular complexity index is 3430. The molecule has 8 aromatic rings. The van der Waals surface area contributed by atoms with Gasteiger partial charge in [-0.2, -0.15) is 0 Å². The van der Waals surface area contributed by atoms with Gasteiger partial charge in [-0.3, -0.25) is 0 Å². The van der Waals surface area contributed by atoms with E-state index < -0.39 is 0 Å². The largest absolute Gasteiger partial charge is 0.228 e. The summed E-state index contributed by atoms with van der Waals surface area (Å²) in [7, 11) is 0. The number of aromatic nitrogens is 2. The molecule has 2 aliphatic carbocycles. The van der Waals surface area contributed by atoms with Crippen LogP contribution in [0.2, 0.25) is 0 Å². The van der Waals surface area contributed by atoms with E-state index >= 15 is 0 Å². The van der Waals surface area contributed by atoms with Crippen LogP contribution in [0.1, 0.15) is 31.2 Å². The molecule has 0 atom stereocenters. The maximum absolute atomic E-state index is 5.38. The van der Waals surface area contributed by atoms with Gasteiger partial charge in [0.1, 0.15) is 0 Å². The highest BCUT2D eigenvalue weighted by molar-refractivity contribution is 6.14. The summed E-state index contributed by atoms with van der Waals surface area (Å²) >= 11 is 0. The highest BCUT2D eigenvalue weighted by Crippen LogP contribution is 2.37. The molecule has 2 heteroatoms. The lowest BCUT2D eigenvalue weighted by Gasteiger charge is -2.20. The van der Waals surface area contributed by atoms with Crippen LogP contribution < -0.4 is 20.9 Å². The summed E-state index contributed by atoms with van der Waals surface area (Å²) < 4.78 is 0. The first-order chi connectivity index (χ1) is 30.6. The predicted molar refractivity (Wildman–Crippen MR) is 266 cm³/mol. The normalized spacial score (nSPS) is 13.0. The van der Waals surface area contributed by atoms with Gasteiger partial charge in [-0.05, 0) is 108 Å². The van der Waals surface area contributed by atoms with Crippen molar-refractivity contribution < 1.29 is 0 Å². The zero-order chi connectivity index (χ0) is 41.8. The van der Waals surface area contributed by atoms with E-state index in [1.165, 1.54) is 37.9 Å². The number of benzene rings is 6. The van der Waals surface area contributed by atoms with E-state index in [0.29, 0.717) is 5.82 Å². The van der Waals surface area contributed by atoms with E-state index in [9.17, 15) is 0 Å². The van der Waals surface area contributed by atoms with E-state index in [2.05, 4.69) is 183 Å². The Balaban J connectivity index is 1.38. The Kier molecular flexibility index (Phi) is 10.6. The van der Waals surface area contributed by atoms with Gasteiger partial charge in [0.05, 0.1) is 11.4 Å². The van der Waals surface area contributed by atoms with Crippen LogP contribution >= 0.6 is 0 Å². The van der Waals surface area contributed by atoms with E-state index in [1.54, 1.807) is 0 Å². The molecule has 0 saturated heterocycles. The topological polar surface area (TPSA) is 25.8 Å². The number of fused-ring (bicyclic) bond motifs is 5. The van der Waals surface area contributed by atoms with Crippen LogP contribution in [0.4, 0.5) is 0 Å². The lowest BCUT2D eigenvalue weighted by Crippen LogP contribution is -2.33. The molecule has 0 saturated carbocycles. The molecule has 62 heavy (non-hydrogen) atoms. The third-order valence-corrected chi connectivity index (χ3v) is 12.1. The van der Waals surface area contributed by atoms with Gasteiger partial charge in [0.2, 0.25) is 0 Å². The summed E-state index contributed by atoms with van der Waals surface area (Å²) in [4.78, 5) is 10.8. The number of hydrogen-bond acceptors (Lipinski definition) is 2. The highest BCUT2D eigenvalue weighted by atomic mass is 14.9. The summed E-state index contributed by atoms with van der Waals surface area (Å²) in [5, 5.41) is 11.1. The second-order valence-electron chi connectivity index (χ2n) is 16.0. The van der Waals surface area contributed by atoms with Crippen molar-refractivity contribution in [3.8, 4) is 45.0 Å². The quantitative estimate of drug-likeness (QED) is 0.173. The minimum absolute atomic E-state index is 0.644. The van der Waals surface area contributed by atoms with Gasteiger partial charge in [-0.1, -0.05) is 207 Å². The lowest BCUT2D eigenvalue weighted by atomic mass is 9.84. The van der Waals surface area contributed by atoms with Crippen molar-refractivity contribution >= 4 is 63.2 Å². The molecule has 0 fully saturated rings. The summed E-state index contributed by atoms with van der Waals surface area (Å²) in [6.45, 7) is 9.36. The highest BCUT2D eigenvalue weighted by Gasteiger charge is 2.19. The summed E-state index contributed by atoms with van der Waals surface area (Å²) in [5.74, 6) is 0.644. The van der Waals surface area contributed by atoms with Crippen molar-refractivity contribution in [3.63, 3.8) is 0 Å². The average Bonchev–Trinajstić information content (AvgIpc) is 3.34. The van der Waals surface area contributed by atoms with Gasteiger partial charge in [-0.15, -0.1) is 0 Å². The summed E-state index contributed by atoms with van der Waals surface area (Å²) in [6.07, 6.45) is 15.9. The molecule has 0 spiro atoms. The molecule has 2 nitrogen and oxygen atoms in total. The molecule has 0 amide bonds. The fraction of sp³-hybridized carbons (Fsp3) is 0.0667.